The van der Waals surface area contributed by atoms with Crippen molar-refractivity contribution in [1.82, 2.24) is 15.3 Å². The largest absolute Gasteiger partial charge is 0.480 e. The summed E-state index contributed by atoms with van der Waals surface area (Å²) in [6.45, 7) is 0. The summed E-state index contributed by atoms with van der Waals surface area (Å²) in [5.74, 6) is -1.65. The zero-order valence-electron chi connectivity index (χ0n) is 10.3. The van der Waals surface area contributed by atoms with Gasteiger partial charge in [-0.3, -0.25) is 4.79 Å². The molecule has 6 nitrogen and oxygen atoms in total. The minimum Gasteiger partial charge on any atom is -0.480 e. The van der Waals surface area contributed by atoms with Crippen LogP contribution in [0.3, 0.4) is 0 Å². The first-order valence-electron chi connectivity index (χ1n) is 5.83. The molecule has 0 fully saturated rings. The number of nitrogens with zero attached hydrogens (tertiary/aromatic N) is 1. The Morgan fingerprint density at radius 2 is 2.15 bits per heavy atom. The third-order valence-electron chi connectivity index (χ3n) is 2.70. The van der Waals surface area contributed by atoms with Crippen molar-refractivity contribution in [2.24, 2.45) is 0 Å². The fourth-order valence-corrected chi connectivity index (χ4v) is 1.92. The Morgan fingerprint density at radius 3 is 2.75 bits per heavy atom. The number of carboxylic acid groups (broad SMARTS) is 1. The second-order valence-corrected chi connectivity index (χ2v) is 4.53. The molecule has 2 rings (SSSR count). The first-order valence-corrected chi connectivity index (χ1v) is 6.21. The van der Waals surface area contributed by atoms with Crippen LogP contribution in [0, 0.1) is 0 Å². The first kappa shape index (κ1) is 14.1. The molecule has 3 N–H and O–H groups in total. The SMILES string of the molecule is O=C(NC(Cc1cnc[nH]1)C(=O)O)c1ccccc1Cl. The molecule has 0 radical (unpaired) electrons. The standard InChI is InChI=1S/C13H12ClN3O3/c14-10-4-2-1-3-9(10)12(18)17-11(13(19)20)5-8-6-15-7-16-8/h1-4,6-7,11H,5H2,(H,15,16)(H,17,18)(H,19,20). The number of H-pyrrole nitrogens is 1. The molecule has 0 saturated heterocycles. The van der Waals surface area contributed by atoms with Gasteiger partial charge in [-0.1, -0.05) is 23.7 Å². The third-order valence-corrected chi connectivity index (χ3v) is 3.03. The summed E-state index contributed by atoms with van der Waals surface area (Å²) in [4.78, 5) is 29.8. The molecule has 1 unspecified atom stereocenters. The number of rotatable bonds is 5. The maximum atomic E-state index is 12.0. The van der Waals surface area contributed by atoms with Crippen molar-refractivity contribution in [1.29, 1.82) is 0 Å². The van der Waals surface area contributed by atoms with Crippen molar-refractivity contribution in [3.05, 3.63) is 53.1 Å². The smallest absolute Gasteiger partial charge is 0.326 e. The van der Waals surface area contributed by atoms with Crippen molar-refractivity contribution in [3.63, 3.8) is 0 Å². The number of amides is 1. The second-order valence-electron chi connectivity index (χ2n) is 4.13. The van der Waals surface area contributed by atoms with Crippen LogP contribution in [0.25, 0.3) is 0 Å². The van der Waals surface area contributed by atoms with Crippen molar-refractivity contribution in [3.8, 4) is 0 Å². The maximum Gasteiger partial charge on any atom is 0.326 e. The monoisotopic (exact) mass is 293 g/mol. The van der Waals surface area contributed by atoms with Gasteiger partial charge in [0.15, 0.2) is 0 Å². The molecule has 0 spiro atoms. The van der Waals surface area contributed by atoms with Crippen LogP contribution in [0.5, 0.6) is 0 Å². The lowest BCUT2D eigenvalue weighted by molar-refractivity contribution is -0.139. The zero-order valence-corrected chi connectivity index (χ0v) is 11.1. The molecule has 1 aromatic heterocycles. The summed E-state index contributed by atoms with van der Waals surface area (Å²) in [6, 6.07) is 5.40. The Hall–Kier alpha value is -2.34. The first-order chi connectivity index (χ1) is 9.58. The molecule has 7 heteroatoms. The number of hydrogen-bond acceptors (Lipinski definition) is 3. The number of benzene rings is 1. The van der Waals surface area contributed by atoms with Gasteiger partial charge in [-0.05, 0) is 12.1 Å². The molecule has 2 aromatic rings. The Morgan fingerprint density at radius 1 is 1.40 bits per heavy atom. The number of carbonyl (C=O) groups is 2. The number of hydrogen-bond donors (Lipinski definition) is 3. The van der Waals surface area contributed by atoms with E-state index in [1.165, 1.54) is 18.6 Å². The normalized spacial score (nSPS) is 11.8. The van der Waals surface area contributed by atoms with E-state index in [0.29, 0.717) is 5.69 Å². The van der Waals surface area contributed by atoms with E-state index >= 15 is 0 Å². The van der Waals surface area contributed by atoms with Gasteiger partial charge < -0.3 is 15.4 Å². The summed E-state index contributed by atoms with van der Waals surface area (Å²) >= 11 is 5.90. The van der Waals surface area contributed by atoms with E-state index in [4.69, 9.17) is 16.7 Å². The minimum absolute atomic E-state index is 0.117. The van der Waals surface area contributed by atoms with Crippen LogP contribution in [0.2, 0.25) is 5.02 Å². The Labute approximate surface area is 119 Å². The zero-order chi connectivity index (χ0) is 14.5. The molecule has 0 aliphatic carbocycles. The lowest BCUT2D eigenvalue weighted by Gasteiger charge is -2.14. The van der Waals surface area contributed by atoms with Gasteiger partial charge in [-0.25, -0.2) is 9.78 Å². The highest BCUT2D eigenvalue weighted by atomic mass is 35.5. The number of aromatic amines is 1. The highest BCUT2D eigenvalue weighted by molar-refractivity contribution is 6.33. The lowest BCUT2D eigenvalue weighted by Crippen LogP contribution is -2.42. The number of nitrogens with one attached hydrogen (secondary N) is 2. The van der Waals surface area contributed by atoms with E-state index in [1.807, 2.05) is 0 Å². The highest BCUT2D eigenvalue weighted by Crippen LogP contribution is 2.15. The Kier molecular flexibility index (Phi) is 4.37. The quantitative estimate of drug-likeness (QED) is 0.778. The van der Waals surface area contributed by atoms with E-state index in [0.717, 1.165) is 0 Å². The summed E-state index contributed by atoms with van der Waals surface area (Å²) in [5.41, 5.74) is 0.863. The molecule has 1 atom stereocenters. The second kappa shape index (κ2) is 6.21. The number of carboxylic acids is 1. The molecule has 0 aliphatic rings. The van der Waals surface area contributed by atoms with Gasteiger partial charge in [0.1, 0.15) is 6.04 Å². The molecular formula is C13H12ClN3O3. The molecule has 1 aromatic carbocycles. The van der Waals surface area contributed by atoms with Gasteiger partial charge in [0.25, 0.3) is 5.91 Å². The van der Waals surface area contributed by atoms with Crippen LogP contribution in [-0.4, -0.2) is 33.0 Å². The van der Waals surface area contributed by atoms with Crippen LogP contribution in [0.4, 0.5) is 0 Å². The molecule has 1 amide bonds. The summed E-state index contributed by atoms with van der Waals surface area (Å²) < 4.78 is 0. The molecule has 104 valence electrons. The fraction of sp³-hybridized carbons (Fsp3) is 0.154. The van der Waals surface area contributed by atoms with Gasteiger partial charge >= 0.3 is 5.97 Å². The van der Waals surface area contributed by atoms with Crippen LogP contribution in [-0.2, 0) is 11.2 Å². The molecule has 0 bridgehead atoms. The highest BCUT2D eigenvalue weighted by Gasteiger charge is 2.22. The molecule has 0 saturated carbocycles. The van der Waals surface area contributed by atoms with Gasteiger partial charge in [0.05, 0.1) is 16.9 Å². The van der Waals surface area contributed by atoms with Crippen LogP contribution < -0.4 is 5.32 Å². The lowest BCUT2D eigenvalue weighted by atomic mass is 10.1. The minimum atomic E-state index is -1.12. The molecule has 0 aliphatic heterocycles. The van der Waals surface area contributed by atoms with E-state index < -0.39 is 17.9 Å². The summed E-state index contributed by atoms with van der Waals surface area (Å²) in [7, 11) is 0. The van der Waals surface area contributed by atoms with Crippen LogP contribution >= 0.6 is 11.6 Å². The summed E-state index contributed by atoms with van der Waals surface area (Å²) in [6.07, 6.45) is 3.08. The van der Waals surface area contributed by atoms with Crippen molar-refractivity contribution in [2.75, 3.05) is 0 Å². The van der Waals surface area contributed by atoms with Gasteiger partial charge in [0.2, 0.25) is 0 Å². The number of aromatic nitrogens is 2. The Bertz CT molecular complexity index is 613. The number of imidazole rings is 1. The molecule has 20 heavy (non-hydrogen) atoms. The van der Waals surface area contributed by atoms with E-state index in [2.05, 4.69) is 15.3 Å². The van der Waals surface area contributed by atoms with E-state index in [9.17, 15) is 9.59 Å². The number of carbonyl (C=O) groups excluding carboxylic acids is 1. The summed E-state index contributed by atoms with van der Waals surface area (Å²) in [5, 5.41) is 11.9. The molecule has 1 heterocycles. The van der Waals surface area contributed by atoms with Crippen molar-refractivity contribution >= 4 is 23.5 Å². The van der Waals surface area contributed by atoms with Gasteiger partial charge in [-0.2, -0.15) is 0 Å². The van der Waals surface area contributed by atoms with Gasteiger partial charge in [0, 0.05) is 18.3 Å². The van der Waals surface area contributed by atoms with Crippen LogP contribution in [0.15, 0.2) is 36.8 Å². The topological polar surface area (TPSA) is 95.1 Å². The maximum absolute atomic E-state index is 12.0. The average molecular weight is 294 g/mol. The average Bonchev–Trinajstić information content (AvgIpc) is 2.91. The number of halogens is 1. The van der Waals surface area contributed by atoms with Gasteiger partial charge in [-0.15, -0.1) is 0 Å². The third kappa shape index (κ3) is 3.36. The fourth-order valence-electron chi connectivity index (χ4n) is 1.70. The van der Waals surface area contributed by atoms with E-state index in [-0.39, 0.29) is 17.0 Å². The van der Waals surface area contributed by atoms with Crippen LogP contribution in [0.1, 0.15) is 16.1 Å². The number of aliphatic carboxylic acids is 1. The predicted octanol–water partition coefficient (Wildman–Crippen LogP) is 1.49. The predicted molar refractivity (Wildman–Crippen MR) is 72.6 cm³/mol. The molecular weight excluding hydrogens is 282 g/mol. The van der Waals surface area contributed by atoms with Crippen molar-refractivity contribution < 1.29 is 14.7 Å². The Balaban J connectivity index is 2.10. The van der Waals surface area contributed by atoms with Crippen molar-refractivity contribution in [2.45, 2.75) is 12.5 Å². The van der Waals surface area contributed by atoms with E-state index in [1.54, 1.807) is 18.2 Å².